The van der Waals surface area contributed by atoms with Crippen LogP contribution in [-0.2, 0) is 0 Å². The van der Waals surface area contributed by atoms with Gasteiger partial charge >= 0.3 is 0 Å². The Balaban J connectivity index is 1.47. The molecule has 0 aliphatic carbocycles. The Morgan fingerprint density at radius 3 is 1.50 bits per heavy atom. The van der Waals surface area contributed by atoms with E-state index in [1.807, 2.05) is 103 Å². The van der Waals surface area contributed by atoms with Gasteiger partial charge in [-0.2, -0.15) is 0 Å². The maximum atomic E-state index is 7.14. The SMILES string of the molecule is NC1=C(N)C2=NC1=CC1=NC(=CC3=NC(=C(c4ccccc4)C4=NC(=C2N)C(N)=C4c2ccccc2)C(c2ccccc2)=C3c2ccccc2)C=C1. The molecule has 0 radical (unpaired) electrons. The van der Waals surface area contributed by atoms with Gasteiger partial charge in [0, 0.05) is 22.3 Å². The quantitative estimate of drug-likeness (QED) is 0.188. The van der Waals surface area contributed by atoms with Crippen LogP contribution < -0.4 is 22.9 Å². The van der Waals surface area contributed by atoms with E-state index in [9.17, 15) is 0 Å². The number of aliphatic imine (C=N–C) groups is 4. The molecule has 52 heavy (non-hydrogen) atoms. The monoisotopic (exact) mass is 672 g/mol. The Kier molecular flexibility index (Phi) is 7.22. The fourth-order valence-electron chi connectivity index (χ4n) is 7.06. The Hall–Kier alpha value is -7.32. The zero-order chi connectivity index (χ0) is 35.3. The van der Waals surface area contributed by atoms with Crippen molar-refractivity contribution in [1.82, 2.24) is 0 Å². The van der Waals surface area contributed by atoms with Gasteiger partial charge in [0.15, 0.2) is 0 Å². The van der Waals surface area contributed by atoms with E-state index in [4.69, 9.17) is 42.9 Å². The molecule has 0 atom stereocenters. The Bertz CT molecular complexity index is 2590. The molecule has 0 aromatic heterocycles. The van der Waals surface area contributed by atoms with E-state index in [-0.39, 0.29) is 11.4 Å². The van der Waals surface area contributed by atoms with Crippen molar-refractivity contribution in [2.75, 3.05) is 0 Å². The number of hydrogen-bond donors (Lipinski definition) is 4. The first kappa shape index (κ1) is 30.7. The summed E-state index contributed by atoms with van der Waals surface area (Å²) >= 11 is 0. The summed E-state index contributed by atoms with van der Waals surface area (Å²) in [5.74, 6) is 0. The molecule has 4 aromatic rings. The summed E-state index contributed by atoms with van der Waals surface area (Å²) in [5, 5.41) is 0. The molecule has 5 aliphatic heterocycles. The average Bonchev–Trinajstić information content (AvgIpc) is 3.94. The minimum Gasteiger partial charge on any atom is -0.396 e. The molecule has 248 valence electrons. The topological polar surface area (TPSA) is 154 Å². The lowest BCUT2D eigenvalue weighted by Gasteiger charge is -2.17. The minimum atomic E-state index is 0.221. The number of nitrogens with zero attached hydrogens (tertiary/aromatic N) is 4. The smallest absolute Gasteiger partial charge is 0.114 e. The van der Waals surface area contributed by atoms with Gasteiger partial charge in [-0.1, -0.05) is 121 Å². The van der Waals surface area contributed by atoms with Crippen molar-refractivity contribution in [2.24, 2.45) is 42.9 Å². The number of benzene rings is 4. The van der Waals surface area contributed by atoms with Crippen molar-refractivity contribution in [2.45, 2.75) is 0 Å². The molecule has 5 aliphatic rings. The molecular formula is C44H32N8. The van der Waals surface area contributed by atoms with Gasteiger partial charge < -0.3 is 22.9 Å². The van der Waals surface area contributed by atoms with E-state index in [2.05, 4.69) is 36.4 Å². The van der Waals surface area contributed by atoms with Crippen LogP contribution in [0.4, 0.5) is 0 Å². The summed E-state index contributed by atoms with van der Waals surface area (Å²) in [6.07, 6.45) is 7.70. The molecule has 4 aromatic carbocycles. The predicted molar refractivity (Wildman–Crippen MR) is 212 cm³/mol. The molecule has 8 heteroatoms. The van der Waals surface area contributed by atoms with Gasteiger partial charge in [-0.05, 0) is 46.6 Å². The third-order valence-corrected chi connectivity index (χ3v) is 9.50. The van der Waals surface area contributed by atoms with Crippen LogP contribution in [0.15, 0.2) is 211 Å². The second-order valence-electron chi connectivity index (χ2n) is 12.7. The first-order valence-electron chi connectivity index (χ1n) is 16.9. The van der Waals surface area contributed by atoms with Gasteiger partial charge in [-0.3, -0.25) is 0 Å². The van der Waals surface area contributed by atoms with Crippen molar-refractivity contribution < 1.29 is 0 Å². The van der Waals surface area contributed by atoms with Crippen LogP contribution in [0.2, 0.25) is 0 Å². The van der Waals surface area contributed by atoms with Gasteiger partial charge in [-0.25, -0.2) is 20.0 Å². The van der Waals surface area contributed by atoms with Crippen LogP contribution in [0.1, 0.15) is 22.3 Å². The Labute approximate surface area is 300 Å². The summed E-state index contributed by atoms with van der Waals surface area (Å²) < 4.78 is 0. The molecule has 8 N–H and O–H groups in total. The second-order valence-corrected chi connectivity index (χ2v) is 12.7. The fraction of sp³-hybridized carbons (Fsp3) is 0. The zero-order valence-electron chi connectivity index (χ0n) is 28.0. The largest absolute Gasteiger partial charge is 0.396 e. The van der Waals surface area contributed by atoms with Crippen molar-refractivity contribution in [1.29, 1.82) is 0 Å². The molecule has 0 saturated carbocycles. The van der Waals surface area contributed by atoms with Gasteiger partial charge in [0.1, 0.15) is 11.4 Å². The van der Waals surface area contributed by atoms with Gasteiger partial charge in [0.2, 0.25) is 0 Å². The van der Waals surface area contributed by atoms with Crippen molar-refractivity contribution in [3.05, 3.63) is 213 Å². The molecular weight excluding hydrogens is 641 g/mol. The van der Waals surface area contributed by atoms with E-state index in [0.717, 1.165) is 61.7 Å². The van der Waals surface area contributed by atoms with E-state index in [1.54, 1.807) is 6.08 Å². The lowest BCUT2D eigenvalue weighted by Crippen LogP contribution is -2.22. The van der Waals surface area contributed by atoms with E-state index < -0.39 is 0 Å². The number of nitrogens with two attached hydrogens (primary N) is 4. The normalized spacial score (nSPS) is 18.2. The molecule has 8 bridgehead atoms. The first-order chi connectivity index (χ1) is 25.5. The van der Waals surface area contributed by atoms with Gasteiger partial charge in [0.05, 0.1) is 57.0 Å². The number of hydrogen-bond acceptors (Lipinski definition) is 8. The van der Waals surface area contributed by atoms with E-state index in [0.29, 0.717) is 39.9 Å². The molecule has 5 heterocycles. The standard InChI is InChI=1S/C44H32N8/c45-37-32-24-30-22-21-29(49-30)23-31-33(25-13-5-1-6-14-25)34(26-15-7-2-8-16-26)41(50-31)36(28-19-11-4-12-20-28)42-35(27-17-9-3-10-18-27)38(46)43(52-42)40(48)44(51-32)39(37)47/h1-24H,45-48H2. The average molecular weight is 673 g/mol. The minimum absolute atomic E-state index is 0.221. The van der Waals surface area contributed by atoms with Crippen LogP contribution in [0.5, 0.6) is 0 Å². The van der Waals surface area contributed by atoms with Gasteiger partial charge in [0.25, 0.3) is 0 Å². The second kappa shape index (κ2) is 12.2. The van der Waals surface area contributed by atoms with Crippen LogP contribution in [0.25, 0.3) is 22.3 Å². The summed E-state index contributed by atoms with van der Waals surface area (Å²) in [4.78, 5) is 20.6. The zero-order valence-corrected chi connectivity index (χ0v) is 28.0. The molecule has 0 fully saturated rings. The maximum Gasteiger partial charge on any atom is 0.114 e. The lowest BCUT2D eigenvalue weighted by molar-refractivity contribution is 1.22. The Morgan fingerprint density at radius 1 is 0.365 bits per heavy atom. The van der Waals surface area contributed by atoms with Gasteiger partial charge in [-0.15, -0.1) is 0 Å². The van der Waals surface area contributed by atoms with Crippen molar-refractivity contribution >= 4 is 45.1 Å². The maximum absolute atomic E-state index is 7.14. The van der Waals surface area contributed by atoms with Crippen LogP contribution in [0, 0.1) is 0 Å². The fourth-order valence-corrected chi connectivity index (χ4v) is 7.06. The van der Waals surface area contributed by atoms with E-state index >= 15 is 0 Å². The highest BCUT2D eigenvalue weighted by molar-refractivity contribution is 6.50. The highest BCUT2D eigenvalue weighted by atomic mass is 15.0. The summed E-state index contributed by atoms with van der Waals surface area (Å²) in [6.45, 7) is 0. The molecule has 0 spiro atoms. The molecule has 0 saturated heterocycles. The first-order valence-corrected chi connectivity index (χ1v) is 16.9. The number of rotatable bonds is 4. The molecule has 0 amide bonds. The summed E-state index contributed by atoms with van der Waals surface area (Å²) in [7, 11) is 0. The van der Waals surface area contributed by atoms with Crippen molar-refractivity contribution in [3.63, 3.8) is 0 Å². The van der Waals surface area contributed by atoms with Crippen LogP contribution in [0.3, 0.4) is 0 Å². The summed E-state index contributed by atoms with van der Waals surface area (Å²) in [6, 6.07) is 40.8. The highest BCUT2D eigenvalue weighted by Gasteiger charge is 2.36. The van der Waals surface area contributed by atoms with Crippen LogP contribution in [-0.4, -0.2) is 22.8 Å². The third-order valence-electron chi connectivity index (χ3n) is 9.50. The predicted octanol–water partition coefficient (Wildman–Crippen LogP) is 6.83. The van der Waals surface area contributed by atoms with Crippen molar-refractivity contribution in [3.8, 4) is 0 Å². The van der Waals surface area contributed by atoms with Crippen LogP contribution >= 0.6 is 0 Å². The molecule has 0 unspecified atom stereocenters. The number of allylic oxidation sites excluding steroid dienone is 8. The summed E-state index contributed by atoms with van der Waals surface area (Å²) in [5.41, 5.74) is 40.3. The molecule has 9 rings (SSSR count). The highest BCUT2D eigenvalue weighted by Crippen LogP contribution is 2.47. The molecule has 8 nitrogen and oxygen atoms in total. The lowest BCUT2D eigenvalue weighted by atomic mass is 9.85. The third kappa shape index (κ3) is 5.01. The Morgan fingerprint density at radius 2 is 0.904 bits per heavy atom. The number of fused-ring (bicyclic) bond motifs is 4. The van der Waals surface area contributed by atoms with E-state index in [1.165, 1.54) is 0 Å².